The summed E-state index contributed by atoms with van der Waals surface area (Å²) in [6.07, 6.45) is -1.58. The molecule has 0 aromatic heterocycles. The molecule has 0 aromatic carbocycles. The van der Waals surface area contributed by atoms with Crippen LogP contribution in [0.1, 0.15) is 13.8 Å². The second-order valence-electron chi connectivity index (χ2n) is 6.07. The fourth-order valence-corrected chi connectivity index (χ4v) is 3.07. The Balaban J connectivity index is 1.87. The standard InChI is InChI=1S/C13H20Cl2O5/c1-12(5-17-6-12)9(3-14)19-11(16)20-10(4-15)13(2)7-18-8-13/h9-10H,3-8H2,1-2H3. The molecule has 7 heteroatoms. The fourth-order valence-electron chi connectivity index (χ4n) is 2.20. The summed E-state index contributed by atoms with van der Waals surface area (Å²) in [7, 11) is 0. The van der Waals surface area contributed by atoms with E-state index in [0.717, 1.165) is 0 Å². The second-order valence-corrected chi connectivity index (χ2v) is 6.68. The van der Waals surface area contributed by atoms with E-state index in [1.54, 1.807) is 0 Å². The minimum atomic E-state index is -0.734. The SMILES string of the molecule is CC1(C(CCl)OC(=O)OC(CCl)C2(C)COC2)COC1. The predicted octanol–water partition coefficient (Wildman–Crippen LogP) is 2.43. The molecule has 0 aromatic rings. The fraction of sp³-hybridized carbons (Fsp3) is 0.923. The van der Waals surface area contributed by atoms with Crippen LogP contribution in [0.4, 0.5) is 4.79 Å². The zero-order valence-electron chi connectivity index (χ0n) is 11.7. The smallest absolute Gasteiger partial charge is 0.429 e. The first-order valence-electron chi connectivity index (χ1n) is 6.58. The molecule has 0 saturated carbocycles. The van der Waals surface area contributed by atoms with Gasteiger partial charge in [0, 0.05) is 0 Å². The lowest BCUT2D eigenvalue weighted by molar-refractivity contribution is -0.180. The van der Waals surface area contributed by atoms with Crippen LogP contribution in [0, 0.1) is 10.8 Å². The predicted molar refractivity (Wildman–Crippen MR) is 74.4 cm³/mol. The van der Waals surface area contributed by atoms with Crippen molar-refractivity contribution in [2.75, 3.05) is 38.2 Å². The first-order valence-corrected chi connectivity index (χ1v) is 7.65. The lowest BCUT2D eigenvalue weighted by atomic mass is 9.83. The van der Waals surface area contributed by atoms with Gasteiger partial charge in [-0.3, -0.25) is 0 Å². The maximum absolute atomic E-state index is 11.9. The van der Waals surface area contributed by atoms with E-state index in [4.69, 9.17) is 42.1 Å². The molecule has 0 amide bonds. The molecule has 2 unspecified atom stereocenters. The average molecular weight is 327 g/mol. The van der Waals surface area contributed by atoms with Gasteiger partial charge in [0.2, 0.25) is 0 Å². The van der Waals surface area contributed by atoms with E-state index >= 15 is 0 Å². The van der Waals surface area contributed by atoms with E-state index in [1.807, 2.05) is 13.8 Å². The zero-order chi connectivity index (χ0) is 14.8. The van der Waals surface area contributed by atoms with Crippen LogP contribution >= 0.6 is 23.2 Å². The molecule has 2 aliphatic heterocycles. The number of halogens is 2. The summed E-state index contributed by atoms with van der Waals surface area (Å²) in [5.74, 6) is 0.418. The Labute approximate surface area is 128 Å². The number of ether oxygens (including phenoxy) is 4. The first kappa shape index (κ1) is 16.1. The van der Waals surface area contributed by atoms with E-state index < -0.39 is 18.4 Å². The number of carbonyl (C=O) groups is 1. The van der Waals surface area contributed by atoms with Crippen LogP contribution in [-0.4, -0.2) is 56.6 Å². The van der Waals surface area contributed by atoms with Crippen LogP contribution in [0.25, 0.3) is 0 Å². The third kappa shape index (κ3) is 3.16. The van der Waals surface area contributed by atoms with Crippen molar-refractivity contribution in [1.29, 1.82) is 0 Å². The van der Waals surface area contributed by atoms with E-state index in [2.05, 4.69) is 0 Å². The summed E-state index contributed by atoms with van der Waals surface area (Å²) < 4.78 is 21.0. The summed E-state index contributed by atoms with van der Waals surface area (Å²) in [5.41, 5.74) is -0.471. The molecule has 0 spiro atoms. The Kier molecular flexibility index (Phi) is 5.05. The molecular formula is C13H20Cl2O5. The van der Waals surface area contributed by atoms with Crippen molar-refractivity contribution in [3.63, 3.8) is 0 Å². The van der Waals surface area contributed by atoms with Crippen LogP contribution < -0.4 is 0 Å². The lowest BCUT2D eigenvalue weighted by Crippen LogP contribution is -2.54. The van der Waals surface area contributed by atoms with Crippen molar-refractivity contribution < 1.29 is 23.7 Å². The van der Waals surface area contributed by atoms with Crippen molar-refractivity contribution in [2.45, 2.75) is 26.1 Å². The van der Waals surface area contributed by atoms with Gasteiger partial charge in [0.15, 0.2) is 0 Å². The highest BCUT2D eigenvalue weighted by molar-refractivity contribution is 6.18. The van der Waals surface area contributed by atoms with Gasteiger partial charge in [-0.2, -0.15) is 0 Å². The normalized spacial score (nSPS) is 25.8. The van der Waals surface area contributed by atoms with Gasteiger partial charge >= 0.3 is 6.16 Å². The molecule has 2 rings (SSSR count). The molecule has 2 atom stereocenters. The molecule has 2 fully saturated rings. The van der Waals surface area contributed by atoms with Gasteiger partial charge in [0.25, 0.3) is 0 Å². The molecule has 0 bridgehead atoms. The van der Waals surface area contributed by atoms with Crippen LogP contribution in [0.15, 0.2) is 0 Å². The quantitative estimate of drug-likeness (QED) is 0.554. The highest BCUT2D eigenvalue weighted by Crippen LogP contribution is 2.35. The topological polar surface area (TPSA) is 54.0 Å². The molecular weight excluding hydrogens is 307 g/mol. The van der Waals surface area contributed by atoms with Gasteiger partial charge in [-0.25, -0.2) is 4.79 Å². The molecule has 0 N–H and O–H groups in total. The van der Waals surface area contributed by atoms with Gasteiger partial charge < -0.3 is 18.9 Å². The number of hydrogen-bond acceptors (Lipinski definition) is 5. The highest BCUT2D eigenvalue weighted by atomic mass is 35.5. The summed E-state index contributed by atoms with van der Waals surface area (Å²) in [6.45, 7) is 6.06. The van der Waals surface area contributed by atoms with Crippen molar-refractivity contribution in [3.8, 4) is 0 Å². The third-order valence-electron chi connectivity index (χ3n) is 4.04. The molecule has 20 heavy (non-hydrogen) atoms. The van der Waals surface area contributed by atoms with Crippen molar-refractivity contribution in [2.24, 2.45) is 10.8 Å². The monoisotopic (exact) mass is 326 g/mol. The Bertz CT molecular complexity index is 323. The maximum Gasteiger partial charge on any atom is 0.508 e. The Morgan fingerprint density at radius 1 is 1.00 bits per heavy atom. The van der Waals surface area contributed by atoms with E-state index in [1.165, 1.54) is 0 Å². The molecule has 2 heterocycles. The Morgan fingerprint density at radius 2 is 1.35 bits per heavy atom. The summed E-state index contributed by atoms with van der Waals surface area (Å²) in [5, 5.41) is 0. The van der Waals surface area contributed by atoms with Crippen molar-refractivity contribution in [1.82, 2.24) is 0 Å². The largest absolute Gasteiger partial charge is 0.508 e. The molecule has 5 nitrogen and oxygen atoms in total. The van der Waals surface area contributed by atoms with Crippen LogP contribution in [-0.2, 0) is 18.9 Å². The molecule has 0 radical (unpaired) electrons. The van der Waals surface area contributed by atoms with Gasteiger partial charge in [-0.05, 0) is 0 Å². The van der Waals surface area contributed by atoms with Crippen LogP contribution in [0.3, 0.4) is 0 Å². The van der Waals surface area contributed by atoms with Crippen LogP contribution in [0.2, 0.25) is 0 Å². The first-order chi connectivity index (χ1) is 9.43. The van der Waals surface area contributed by atoms with Gasteiger partial charge in [-0.1, -0.05) is 13.8 Å². The van der Waals surface area contributed by atoms with Crippen molar-refractivity contribution >= 4 is 29.4 Å². The summed E-state index contributed by atoms with van der Waals surface area (Å²) in [4.78, 5) is 11.9. The molecule has 2 aliphatic rings. The van der Waals surface area contributed by atoms with Crippen molar-refractivity contribution in [3.05, 3.63) is 0 Å². The van der Waals surface area contributed by atoms with E-state index in [0.29, 0.717) is 26.4 Å². The summed E-state index contributed by atoms with van der Waals surface area (Å²) >= 11 is 11.7. The number of carbonyl (C=O) groups excluding carboxylic acids is 1. The van der Waals surface area contributed by atoms with E-state index in [-0.39, 0.29) is 22.6 Å². The average Bonchev–Trinajstić information content (AvgIpc) is 2.36. The number of rotatable bonds is 6. The lowest BCUT2D eigenvalue weighted by Gasteiger charge is -2.44. The van der Waals surface area contributed by atoms with Gasteiger partial charge in [0.1, 0.15) is 12.2 Å². The number of alkyl halides is 2. The van der Waals surface area contributed by atoms with Gasteiger partial charge in [0.05, 0.1) is 49.0 Å². The molecule has 0 aliphatic carbocycles. The Hall–Kier alpha value is -0.230. The second kappa shape index (κ2) is 6.26. The maximum atomic E-state index is 11.9. The van der Waals surface area contributed by atoms with Gasteiger partial charge in [-0.15, -0.1) is 23.2 Å². The van der Waals surface area contributed by atoms with E-state index in [9.17, 15) is 4.79 Å². The third-order valence-corrected chi connectivity index (χ3v) is 4.60. The number of hydrogen-bond donors (Lipinski definition) is 0. The molecule has 116 valence electrons. The minimum absolute atomic E-state index is 0.209. The minimum Gasteiger partial charge on any atom is -0.429 e. The van der Waals surface area contributed by atoms with Crippen LogP contribution in [0.5, 0.6) is 0 Å². The Morgan fingerprint density at radius 3 is 1.55 bits per heavy atom. The zero-order valence-corrected chi connectivity index (χ0v) is 13.2. The highest BCUT2D eigenvalue weighted by Gasteiger charge is 2.46. The summed E-state index contributed by atoms with van der Waals surface area (Å²) in [6, 6.07) is 0. The molecule has 2 saturated heterocycles.